The molecule has 5 nitrogen and oxygen atoms in total. The van der Waals surface area contributed by atoms with Crippen molar-refractivity contribution in [2.45, 2.75) is 34.6 Å². The van der Waals surface area contributed by atoms with Gasteiger partial charge in [-0.25, -0.2) is 4.68 Å². The van der Waals surface area contributed by atoms with Crippen molar-refractivity contribution in [1.82, 2.24) is 19.6 Å². The molecule has 2 rings (SSSR count). The average Bonchev–Trinajstić information content (AvgIpc) is 3.02. The maximum absolute atomic E-state index is 13.2. The molecule has 0 aliphatic rings. The van der Waals surface area contributed by atoms with E-state index in [1.54, 1.807) is 6.20 Å². The van der Waals surface area contributed by atoms with E-state index in [1.165, 1.54) is 0 Å². The van der Waals surface area contributed by atoms with Crippen LogP contribution in [0.2, 0.25) is 0 Å². The number of para-hydroxylation sites is 1. The minimum absolute atomic E-state index is 0.0746. The third kappa shape index (κ3) is 4.94. The Hall–Kier alpha value is -2.14. The lowest BCUT2D eigenvalue weighted by molar-refractivity contribution is 0.0715. The summed E-state index contributed by atoms with van der Waals surface area (Å²) in [6, 6.07) is 9.94. The van der Waals surface area contributed by atoms with Gasteiger partial charge in [-0.1, -0.05) is 45.9 Å². The van der Waals surface area contributed by atoms with Crippen LogP contribution < -0.4 is 0 Å². The Morgan fingerprint density at radius 2 is 1.77 bits per heavy atom. The molecule has 1 aromatic carbocycles. The van der Waals surface area contributed by atoms with Crippen LogP contribution in [-0.4, -0.2) is 58.2 Å². The number of amides is 1. The smallest absolute Gasteiger partial charge is 0.257 e. The molecule has 142 valence electrons. The number of hydrogen-bond donors (Lipinski definition) is 0. The monoisotopic (exact) mass is 356 g/mol. The number of rotatable bonds is 9. The van der Waals surface area contributed by atoms with E-state index < -0.39 is 0 Å². The third-order valence-corrected chi connectivity index (χ3v) is 4.69. The van der Waals surface area contributed by atoms with Gasteiger partial charge in [0.1, 0.15) is 0 Å². The van der Waals surface area contributed by atoms with Gasteiger partial charge in [-0.2, -0.15) is 5.10 Å². The van der Waals surface area contributed by atoms with Crippen molar-refractivity contribution in [3.63, 3.8) is 0 Å². The first kappa shape index (κ1) is 20.2. The second-order valence-electron chi connectivity index (χ2n) is 7.06. The van der Waals surface area contributed by atoms with E-state index >= 15 is 0 Å². The molecule has 0 unspecified atom stereocenters. The van der Waals surface area contributed by atoms with Crippen molar-refractivity contribution in [3.8, 4) is 5.69 Å². The third-order valence-electron chi connectivity index (χ3n) is 4.69. The Bertz CT molecular complexity index is 689. The normalized spacial score (nSPS) is 11.3. The van der Waals surface area contributed by atoms with Crippen molar-refractivity contribution < 1.29 is 4.79 Å². The van der Waals surface area contributed by atoms with Gasteiger partial charge >= 0.3 is 0 Å². The van der Waals surface area contributed by atoms with Crippen molar-refractivity contribution in [1.29, 1.82) is 0 Å². The van der Waals surface area contributed by atoms with E-state index in [0.717, 1.165) is 44.1 Å². The fourth-order valence-corrected chi connectivity index (χ4v) is 3.14. The molecule has 0 saturated heterocycles. The molecular weight excluding hydrogens is 324 g/mol. The molecule has 0 aliphatic carbocycles. The molecule has 0 atom stereocenters. The van der Waals surface area contributed by atoms with Crippen molar-refractivity contribution in [3.05, 3.63) is 47.8 Å². The summed E-state index contributed by atoms with van der Waals surface area (Å²) in [6.07, 6.45) is 1.70. The molecule has 1 aromatic heterocycles. The van der Waals surface area contributed by atoms with Crippen LogP contribution in [0.5, 0.6) is 0 Å². The van der Waals surface area contributed by atoms with Crippen LogP contribution in [0.1, 0.15) is 43.7 Å². The first-order valence-corrected chi connectivity index (χ1v) is 9.59. The number of carbonyl (C=O) groups excluding carboxylic acids is 1. The van der Waals surface area contributed by atoms with E-state index in [2.05, 4.69) is 37.7 Å². The van der Waals surface area contributed by atoms with E-state index in [-0.39, 0.29) is 5.91 Å². The highest BCUT2D eigenvalue weighted by Gasteiger charge is 2.22. The first-order chi connectivity index (χ1) is 12.5. The van der Waals surface area contributed by atoms with Gasteiger partial charge in [0.05, 0.1) is 23.1 Å². The van der Waals surface area contributed by atoms with Crippen molar-refractivity contribution in [2.75, 3.05) is 32.7 Å². The van der Waals surface area contributed by atoms with Crippen molar-refractivity contribution in [2.24, 2.45) is 5.92 Å². The van der Waals surface area contributed by atoms with Gasteiger partial charge in [0.15, 0.2) is 0 Å². The highest BCUT2D eigenvalue weighted by molar-refractivity contribution is 5.95. The summed E-state index contributed by atoms with van der Waals surface area (Å²) in [6.45, 7) is 15.0. The highest BCUT2D eigenvalue weighted by atomic mass is 16.2. The number of carbonyl (C=O) groups is 1. The molecule has 0 fully saturated rings. The molecule has 0 aliphatic heterocycles. The zero-order valence-electron chi connectivity index (χ0n) is 16.8. The lowest BCUT2D eigenvalue weighted by Gasteiger charge is -2.28. The Balaban J connectivity index is 2.21. The van der Waals surface area contributed by atoms with E-state index in [1.807, 2.05) is 46.8 Å². The van der Waals surface area contributed by atoms with Gasteiger partial charge in [0, 0.05) is 19.6 Å². The standard InChI is InChI=1S/C21H32N4O/c1-6-23(7-2)13-14-24(16-17(3)4)21(26)20-15-22-25(18(20)5)19-11-9-8-10-12-19/h8-12,15,17H,6-7,13-14,16H2,1-5H3. The summed E-state index contributed by atoms with van der Waals surface area (Å²) in [5.74, 6) is 0.505. The predicted molar refractivity (Wildman–Crippen MR) is 107 cm³/mol. The summed E-state index contributed by atoms with van der Waals surface area (Å²) < 4.78 is 1.84. The largest absolute Gasteiger partial charge is 0.337 e. The summed E-state index contributed by atoms with van der Waals surface area (Å²) >= 11 is 0. The number of nitrogens with zero attached hydrogens (tertiary/aromatic N) is 4. The Morgan fingerprint density at radius 1 is 1.12 bits per heavy atom. The summed E-state index contributed by atoms with van der Waals surface area (Å²) in [5.41, 5.74) is 2.55. The van der Waals surface area contributed by atoms with Gasteiger partial charge in [-0.15, -0.1) is 0 Å². The minimum atomic E-state index is 0.0746. The van der Waals surface area contributed by atoms with Crippen LogP contribution in [0, 0.1) is 12.8 Å². The maximum Gasteiger partial charge on any atom is 0.257 e. The first-order valence-electron chi connectivity index (χ1n) is 9.59. The zero-order chi connectivity index (χ0) is 19.1. The molecule has 0 N–H and O–H groups in total. The van der Waals surface area contributed by atoms with E-state index in [4.69, 9.17) is 0 Å². The summed E-state index contributed by atoms with van der Waals surface area (Å²) in [5, 5.41) is 4.45. The summed E-state index contributed by atoms with van der Waals surface area (Å²) in [7, 11) is 0. The molecule has 2 aromatic rings. The molecule has 5 heteroatoms. The topological polar surface area (TPSA) is 41.4 Å². The fraction of sp³-hybridized carbons (Fsp3) is 0.524. The van der Waals surface area contributed by atoms with Crippen LogP contribution >= 0.6 is 0 Å². The zero-order valence-corrected chi connectivity index (χ0v) is 16.8. The molecule has 26 heavy (non-hydrogen) atoms. The second-order valence-corrected chi connectivity index (χ2v) is 7.06. The highest BCUT2D eigenvalue weighted by Crippen LogP contribution is 2.16. The van der Waals surface area contributed by atoms with Gasteiger partial charge in [0.2, 0.25) is 0 Å². The average molecular weight is 357 g/mol. The number of hydrogen-bond acceptors (Lipinski definition) is 3. The molecule has 1 heterocycles. The maximum atomic E-state index is 13.2. The molecule has 0 bridgehead atoms. The molecule has 0 spiro atoms. The fourth-order valence-electron chi connectivity index (χ4n) is 3.14. The lowest BCUT2D eigenvalue weighted by Crippen LogP contribution is -2.40. The molecule has 0 radical (unpaired) electrons. The number of benzene rings is 1. The van der Waals surface area contributed by atoms with Gasteiger partial charge in [0.25, 0.3) is 5.91 Å². The van der Waals surface area contributed by atoms with Crippen LogP contribution in [0.3, 0.4) is 0 Å². The van der Waals surface area contributed by atoms with Crippen LogP contribution in [0.4, 0.5) is 0 Å². The van der Waals surface area contributed by atoms with Crippen molar-refractivity contribution >= 4 is 5.91 Å². The summed E-state index contributed by atoms with van der Waals surface area (Å²) in [4.78, 5) is 17.5. The van der Waals surface area contributed by atoms with E-state index in [9.17, 15) is 4.79 Å². The molecule has 1 amide bonds. The SMILES string of the molecule is CCN(CC)CCN(CC(C)C)C(=O)c1cnn(-c2ccccc2)c1C. The predicted octanol–water partition coefficient (Wildman–Crippen LogP) is 3.62. The van der Waals surface area contributed by atoms with Crippen LogP contribution in [-0.2, 0) is 0 Å². The van der Waals surface area contributed by atoms with E-state index in [0.29, 0.717) is 11.5 Å². The van der Waals surface area contributed by atoms with Gasteiger partial charge in [-0.05, 0) is 38.1 Å². The van der Waals surface area contributed by atoms with Crippen LogP contribution in [0.15, 0.2) is 36.5 Å². The van der Waals surface area contributed by atoms with Crippen LogP contribution in [0.25, 0.3) is 5.69 Å². The minimum Gasteiger partial charge on any atom is -0.337 e. The number of aromatic nitrogens is 2. The Kier molecular flexibility index (Phi) is 7.39. The Morgan fingerprint density at radius 3 is 2.35 bits per heavy atom. The number of likely N-dealkylation sites (N-methyl/N-ethyl adjacent to an activating group) is 1. The molecule has 0 saturated carbocycles. The molecular formula is C21H32N4O. The van der Waals surface area contributed by atoms with Gasteiger partial charge < -0.3 is 9.80 Å². The quantitative estimate of drug-likeness (QED) is 0.689. The Labute approximate surface area is 157 Å². The second kappa shape index (κ2) is 9.53. The lowest BCUT2D eigenvalue weighted by atomic mass is 10.1. The van der Waals surface area contributed by atoms with Gasteiger partial charge in [-0.3, -0.25) is 4.79 Å².